The summed E-state index contributed by atoms with van der Waals surface area (Å²) in [5, 5.41) is 12.3. The number of benzene rings is 2. The van der Waals surface area contributed by atoms with Crippen molar-refractivity contribution in [2.45, 2.75) is 58.8 Å². The van der Waals surface area contributed by atoms with Crippen LogP contribution in [0.1, 0.15) is 49.4 Å². The molecule has 3 aromatic rings. The van der Waals surface area contributed by atoms with E-state index in [-0.39, 0.29) is 17.8 Å². The number of hydrogen-bond donors (Lipinski definition) is 1. The Morgan fingerprint density at radius 1 is 1.13 bits per heavy atom. The molecule has 0 saturated carbocycles. The Balaban J connectivity index is 1.63. The summed E-state index contributed by atoms with van der Waals surface area (Å²) in [5.74, 6) is 1.75. The predicted molar refractivity (Wildman–Crippen MR) is 126 cm³/mol. The lowest BCUT2D eigenvalue weighted by Crippen LogP contribution is -2.16. The molecule has 1 N–H and O–H groups in total. The molecular weight excluding hydrogens is 408 g/mol. The smallest absolute Gasteiger partial charge is 0.234 e. The van der Waals surface area contributed by atoms with Crippen LogP contribution in [0.5, 0.6) is 5.75 Å². The number of thioether (sulfide) groups is 1. The third-order valence-corrected chi connectivity index (χ3v) is 6.25. The monoisotopic (exact) mass is 438 g/mol. The summed E-state index contributed by atoms with van der Waals surface area (Å²) in [5.41, 5.74) is 4.35. The predicted octanol–water partition coefficient (Wildman–Crippen LogP) is 5.35. The van der Waals surface area contributed by atoms with E-state index < -0.39 is 0 Å². The number of nitrogens with zero attached hydrogens (tertiary/aromatic N) is 3. The van der Waals surface area contributed by atoms with E-state index in [0.29, 0.717) is 11.7 Å². The number of nitrogens with one attached hydrogen (secondary N) is 1. The summed E-state index contributed by atoms with van der Waals surface area (Å²) in [6, 6.07) is 14.0. The van der Waals surface area contributed by atoms with Crippen molar-refractivity contribution in [2.24, 2.45) is 0 Å². The Bertz CT molecular complexity index is 1030. The lowest BCUT2D eigenvalue weighted by Gasteiger charge is -2.16. The molecule has 31 heavy (non-hydrogen) atoms. The van der Waals surface area contributed by atoms with Crippen LogP contribution in [-0.4, -0.2) is 26.4 Å². The molecule has 2 aromatic carbocycles. The molecule has 0 fully saturated rings. The van der Waals surface area contributed by atoms with Crippen molar-refractivity contribution in [3.8, 4) is 5.75 Å². The maximum absolute atomic E-state index is 12.5. The molecule has 164 valence electrons. The molecule has 1 aromatic heterocycles. The van der Waals surface area contributed by atoms with Crippen molar-refractivity contribution in [1.82, 2.24) is 14.8 Å². The highest BCUT2D eigenvalue weighted by atomic mass is 32.2. The molecule has 0 aliphatic heterocycles. The van der Waals surface area contributed by atoms with Gasteiger partial charge in [-0.25, -0.2) is 0 Å². The first-order chi connectivity index (χ1) is 14.9. The van der Waals surface area contributed by atoms with Crippen molar-refractivity contribution >= 4 is 23.4 Å². The van der Waals surface area contributed by atoms with Gasteiger partial charge in [0.1, 0.15) is 5.75 Å². The highest BCUT2D eigenvalue weighted by Gasteiger charge is 2.19. The number of amides is 1. The third-order valence-electron chi connectivity index (χ3n) is 5.28. The molecule has 7 heteroatoms. The summed E-state index contributed by atoms with van der Waals surface area (Å²) in [6.07, 6.45) is 0.746. The van der Waals surface area contributed by atoms with Crippen LogP contribution in [0.4, 0.5) is 5.69 Å². The second-order valence-electron chi connectivity index (χ2n) is 7.43. The second kappa shape index (κ2) is 10.5. The number of aryl methyl sites for hydroxylation is 2. The normalized spacial score (nSPS) is 11.9. The zero-order valence-corrected chi connectivity index (χ0v) is 19.6. The van der Waals surface area contributed by atoms with E-state index in [1.165, 1.54) is 17.3 Å². The van der Waals surface area contributed by atoms with Crippen LogP contribution in [-0.2, 0) is 17.8 Å². The van der Waals surface area contributed by atoms with Gasteiger partial charge in [-0.2, -0.15) is 0 Å². The van der Waals surface area contributed by atoms with Crippen LogP contribution < -0.4 is 10.1 Å². The van der Waals surface area contributed by atoms with E-state index in [9.17, 15) is 4.79 Å². The minimum Gasteiger partial charge on any atom is -0.483 e. The molecule has 1 heterocycles. The Kier molecular flexibility index (Phi) is 7.74. The van der Waals surface area contributed by atoms with Gasteiger partial charge in [0, 0.05) is 12.2 Å². The molecule has 1 atom stereocenters. The fourth-order valence-corrected chi connectivity index (χ4v) is 4.08. The molecule has 1 amide bonds. The van der Waals surface area contributed by atoms with Crippen LogP contribution in [0, 0.1) is 13.8 Å². The number of aromatic nitrogens is 3. The first-order valence-electron chi connectivity index (χ1n) is 10.6. The van der Waals surface area contributed by atoms with E-state index in [1.807, 2.05) is 62.6 Å². The number of carbonyl (C=O) groups excluding carboxylic acids is 1. The number of ether oxygens (including phenoxy) is 1. The lowest BCUT2D eigenvalue weighted by atomic mass is 10.1. The summed E-state index contributed by atoms with van der Waals surface area (Å²) >= 11 is 1.38. The zero-order valence-electron chi connectivity index (χ0n) is 18.8. The van der Waals surface area contributed by atoms with Gasteiger partial charge in [-0.05, 0) is 69.0 Å². The van der Waals surface area contributed by atoms with E-state index in [4.69, 9.17) is 4.74 Å². The van der Waals surface area contributed by atoms with Crippen LogP contribution in [0.3, 0.4) is 0 Å². The molecule has 0 aliphatic carbocycles. The molecule has 0 aliphatic rings. The average molecular weight is 439 g/mol. The standard InChI is InChI=1S/C24H30N4O2S/c1-6-19-11-13-20(14-12-19)30-18(5)23-26-27-24(28(23)7-2)31-15-22(29)25-21-10-8-9-16(3)17(21)4/h8-14,18H,6-7,15H2,1-5H3,(H,25,29)/t18-/m1/s1. The minimum atomic E-state index is -0.252. The summed E-state index contributed by atoms with van der Waals surface area (Å²) < 4.78 is 8.07. The first-order valence-corrected chi connectivity index (χ1v) is 11.6. The van der Waals surface area contributed by atoms with Crippen LogP contribution in [0.25, 0.3) is 0 Å². The first kappa shape index (κ1) is 22.9. The Hall–Kier alpha value is -2.80. The molecule has 0 radical (unpaired) electrons. The van der Waals surface area contributed by atoms with Gasteiger partial charge in [0.2, 0.25) is 5.91 Å². The second-order valence-corrected chi connectivity index (χ2v) is 8.37. The number of rotatable bonds is 9. The van der Waals surface area contributed by atoms with Crippen LogP contribution in [0.15, 0.2) is 47.6 Å². The van der Waals surface area contributed by atoms with E-state index >= 15 is 0 Å². The molecule has 0 unspecified atom stereocenters. The van der Waals surface area contributed by atoms with Gasteiger partial charge in [0.15, 0.2) is 17.1 Å². The van der Waals surface area contributed by atoms with E-state index in [1.54, 1.807) is 0 Å². The van der Waals surface area contributed by atoms with Gasteiger partial charge in [-0.1, -0.05) is 43.0 Å². The maximum Gasteiger partial charge on any atom is 0.234 e. The van der Waals surface area contributed by atoms with Crippen molar-refractivity contribution < 1.29 is 9.53 Å². The van der Waals surface area contributed by atoms with Gasteiger partial charge in [0.05, 0.1) is 5.75 Å². The van der Waals surface area contributed by atoms with Gasteiger partial charge >= 0.3 is 0 Å². The van der Waals surface area contributed by atoms with Crippen LogP contribution >= 0.6 is 11.8 Å². The summed E-state index contributed by atoms with van der Waals surface area (Å²) in [6.45, 7) is 10.9. The quantitative estimate of drug-likeness (QED) is 0.456. The third kappa shape index (κ3) is 5.67. The summed E-state index contributed by atoms with van der Waals surface area (Å²) in [7, 11) is 0. The van der Waals surface area contributed by atoms with Crippen LogP contribution in [0.2, 0.25) is 0 Å². The van der Waals surface area contributed by atoms with Crippen molar-refractivity contribution in [3.05, 3.63) is 65.0 Å². The van der Waals surface area contributed by atoms with E-state index in [2.05, 4.69) is 34.6 Å². The van der Waals surface area contributed by atoms with Gasteiger partial charge in [-0.15, -0.1) is 10.2 Å². The van der Waals surface area contributed by atoms with Crippen molar-refractivity contribution in [2.75, 3.05) is 11.1 Å². The molecule has 0 spiro atoms. The highest BCUT2D eigenvalue weighted by Crippen LogP contribution is 2.25. The Labute approximate surface area is 188 Å². The summed E-state index contributed by atoms with van der Waals surface area (Å²) in [4.78, 5) is 12.5. The molecule has 0 bridgehead atoms. The topological polar surface area (TPSA) is 69.0 Å². The zero-order chi connectivity index (χ0) is 22.4. The Morgan fingerprint density at radius 3 is 2.55 bits per heavy atom. The fraction of sp³-hybridized carbons (Fsp3) is 0.375. The SMILES string of the molecule is CCc1ccc(O[C@H](C)c2nnc(SCC(=O)Nc3cccc(C)c3C)n2CC)cc1. The number of carbonyl (C=O) groups is 1. The fourth-order valence-electron chi connectivity index (χ4n) is 3.27. The maximum atomic E-state index is 12.5. The largest absolute Gasteiger partial charge is 0.483 e. The number of hydrogen-bond acceptors (Lipinski definition) is 5. The molecular formula is C24H30N4O2S. The van der Waals surface area contributed by atoms with Gasteiger partial charge < -0.3 is 14.6 Å². The lowest BCUT2D eigenvalue weighted by molar-refractivity contribution is -0.113. The molecule has 0 saturated heterocycles. The number of anilines is 1. The van der Waals surface area contributed by atoms with Gasteiger partial charge in [-0.3, -0.25) is 4.79 Å². The highest BCUT2D eigenvalue weighted by molar-refractivity contribution is 7.99. The minimum absolute atomic E-state index is 0.0637. The van der Waals surface area contributed by atoms with Crippen molar-refractivity contribution in [1.29, 1.82) is 0 Å². The van der Waals surface area contributed by atoms with Crippen molar-refractivity contribution in [3.63, 3.8) is 0 Å². The molecule has 6 nitrogen and oxygen atoms in total. The van der Waals surface area contributed by atoms with Gasteiger partial charge in [0.25, 0.3) is 0 Å². The Morgan fingerprint density at radius 2 is 1.87 bits per heavy atom. The molecule has 3 rings (SSSR count). The van der Waals surface area contributed by atoms with E-state index in [0.717, 1.165) is 34.8 Å². The average Bonchev–Trinajstić information content (AvgIpc) is 3.19.